The van der Waals surface area contributed by atoms with E-state index in [1.807, 2.05) is 6.92 Å². The van der Waals surface area contributed by atoms with Gasteiger partial charge < -0.3 is 26.8 Å². The van der Waals surface area contributed by atoms with Crippen molar-refractivity contribution < 1.29 is 24.3 Å². The van der Waals surface area contributed by atoms with Crippen molar-refractivity contribution in [1.29, 1.82) is 0 Å². The summed E-state index contributed by atoms with van der Waals surface area (Å²) in [6.45, 7) is 4.58. The first kappa shape index (κ1) is 22.2. The topological polar surface area (TPSA) is 151 Å². The Morgan fingerprint density at radius 2 is 1.71 bits per heavy atom. The van der Waals surface area contributed by atoms with Crippen LogP contribution in [0.2, 0.25) is 0 Å². The fourth-order valence-corrected chi connectivity index (χ4v) is 1.95. The van der Waals surface area contributed by atoms with Gasteiger partial charge in [0.25, 0.3) is 0 Å². The molecule has 0 aromatic heterocycles. The number of carboxylic acids is 1. The molecule has 24 heavy (non-hydrogen) atoms. The molecule has 0 aromatic carbocycles. The highest BCUT2D eigenvalue weighted by atomic mass is 32.1. The quantitative estimate of drug-likeness (QED) is 0.260. The number of amides is 3. The number of hydrogen-bond donors (Lipinski definition) is 6. The van der Waals surface area contributed by atoms with Gasteiger partial charge in [-0.3, -0.25) is 14.4 Å². The number of thiol groups is 1. The van der Waals surface area contributed by atoms with Crippen molar-refractivity contribution in [1.82, 2.24) is 16.0 Å². The average molecular weight is 362 g/mol. The Hall–Kier alpha value is -1.81. The van der Waals surface area contributed by atoms with E-state index in [0.717, 1.165) is 0 Å². The highest BCUT2D eigenvalue weighted by molar-refractivity contribution is 7.80. The van der Waals surface area contributed by atoms with Crippen LogP contribution < -0.4 is 21.7 Å². The van der Waals surface area contributed by atoms with E-state index >= 15 is 0 Å². The predicted molar refractivity (Wildman–Crippen MR) is 91.5 cm³/mol. The van der Waals surface area contributed by atoms with Crippen LogP contribution in [-0.2, 0) is 19.2 Å². The van der Waals surface area contributed by atoms with Gasteiger partial charge in [0.15, 0.2) is 0 Å². The fourth-order valence-electron chi connectivity index (χ4n) is 1.70. The zero-order valence-electron chi connectivity index (χ0n) is 14.0. The van der Waals surface area contributed by atoms with Crippen LogP contribution in [0.25, 0.3) is 0 Å². The lowest BCUT2D eigenvalue weighted by Gasteiger charge is -2.21. The Morgan fingerprint density at radius 1 is 1.12 bits per heavy atom. The average Bonchev–Trinajstić information content (AvgIpc) is 2.53. The molecule has 0 aliphatic heterocycles. The molecule has 0 aliphatic rings. The van der Waals surface area contributed by atoms with Crippen LogP contribution in [0.15, 0.2) is 0 Å². The van der Waals surface area contributed by atoms with Gasteiger partial charge in [-0.25, -0.2) is 4.79 Å². The number of nitrogens with one attached hydrogen (secondary N) is 3. The first-order chi connectivity index (χ1) is 11.1. The molecule has 0 saturated heterocycles. The second-order valence-corrected chi connectivity index (χ2v) is 5.88. The molecule has 0 aromatic rings. The number of carboxylic acid groups (broad SMARTS) is 1. The standard InChI is InChI=1S/C14H26N4O5S/c1-4-7(2)11(14(22)23)18-10(19)5-16-13(21)9(6-24)17-12(20)8(3)15/h7-9,11,24H,4-6,15H2,1-3H3,(H,16,21)(H,17,20)(H,18,19)(H,22,23). The Balaban J connectivity index is 4.53. The smallest absolute Gasteiger partial charge is 0.326 e. The molecule has 0 fully saturated rings. The molecule has 0 aliphatic carbocycles. The number of hydrogen-bond acceptors (Lipinski definition) is 6. The molecule has 9 nitrogen and oxygen atoms in total. The number of aliphatic carboxylic acids is 1. The third kappa shape index (κ3) is 7.64. The molecule has 3 amide bonds. The molecule has 4 atom stereocenters. The van der Waals surface area contributed by atoms with Crippen LogP contribution in [0, 0.1) is 5.92 Å². The van der Waals surface area contributed by atoms with E-state index in [1.165, 1.54) is 6.92 Å². The van der Waals surface area contributed by atoms with E-state index in [1.54, 1.807) is 6.92 Å². The third-order valence-electron chi connectivity index (χ3n) is 3.45. The molecule has 10 heteroatoms. The van der Waals surface area contributed by atoms with Crippen molar-refractivity contribution in [3.63, 3.8) is 0 Å². The second-order valence-electron chi connectivity index (χ2n) is 5.52. The van der Waals surface area contributed by atoms with Gasteiger partial charge in [0, 0.05) is 5.75 Å². The maximum Gasteiger partial charge on any atom is 0.326 e. The molecule has 0 heterocycles. The van der Waals surface area contributed by atoms with Crippen molar-refractivity contribution in [2.45, 2.75) is 45.3 Å². The Bertz CT molecular complexity index is 472. The number of nitrogens with two attached hydrogens (primary N) is 1. The SMILES string of the molecule is CCC(C)C(NC(=O)CNC(=O)C(CS)NC(=O)C(C)N)C(=O)O. The summed E-state index contributed by atoms with van der Waals surface area (Å²) >= 11 is 3.97. The first-order valence-electron chi connectivity index (χ1n) is 7.60. The maximum atomic E-state index is 11.9. The minimum Gasteiger partial charge on any atom is -0.480 e. The largest absolute Gasteiger partial charge is 0.480 e. The van der Waals surface area contributed by atoms with Gasteiger partial charge in [-0.2, -0.15) is 12.6 Å². The van der Waals surface area contributed by atoms with E-state index in [0.29, 0.717) is 6.42 Å². The van der Waals surface area contributed by atoms with Crippen molar-refractivity contribution in [2.24, 2.45) is 11.7 Å². The summed E-state index contributed by atoms with van der Waals surface area (Å²) in [5.41, 5.74) is 5.40. The summed E-state index contributed by atoms with van der Waals surface area (Å²) < 4.78 is 0. The van der Waals surface area contributed by atoms with Crippen LogP contribution in [0.5, 0.6) is 0 Å². The van der Waals surface area contributed by atoms with Crippen molar-refractivity contribution in [2.75, 3.05) is 12.3 Å². The number of rotatable bonds is 10. The molecule has 0 radical (unpaired) electrons. The Morgan fingerprint density at radius 3 is 2.12 bits per heavy atom. The van der Waals surface area contributed by atoms with E-state index < -0.39 is 48.4 Å². The highest BCUT2D eigenvalue weighted by Crippen LogP contribution is 2.07. The van der Waals surface area contributed by atoms with E-state index in [-0.39, 0.29) is 11.7 Å². The normalized spacial score (nSPS) is 15.5. The fraction of sp³-hybridized carbons (Fsp3) is 0.714. The van der Waals surface area contributed by atoms with Crippen LogP contribution in [0.3, 0.4) is 0 Å². The van der Waals surface area contributed by atoms with Gasteiger partial charge in [0.2, 0.25) is 17.7 Å². The molecular formula is C14H26N4O5S. The molecule has 0 bridgehead atoms. The van der Waals surface area contributed by atoms with Crippen LogP contribution in [0.1, 0.15) is 27.2 Å². The van der Waals surface area contributed by atoms with Gasteiger partial charge >= 0.3 is 5.97 Å². The zero-order valence-corrected chi connectivity index (χ0v) is 14.9. The lowest BCUT2D eigenvalue weighted by Crippen LogP contribution is -2.54. The summed E-state index contributed by atoms with van der Waals surface area (Å²) in [6, 6.07) is -2.75. The lowest BCUT2D eigenvalue weighted by molar-refractivity contribution is -0.143. The summed E-state index contributed by atoms with van der Waals surface area (Å²) in [4.78, 5) is 46.4. The molecule has 0 spiro atoms. The van der Waals surface area contributed by atoms with E-state index in [4.69, 9.17) is 10.8 Å². The molecule has 6 N–H and O–H groups in total. The van der Waals surface area contributed by atoms with Crippen LogP contribution >= 0.6 is 12.6 Å². The van der Waals surface area contributed by atoms with Gasteiger partial charge in [0.1, 0.15) is 12.1 Å². The van der Waals surface area contributed by atoms with Crippen molar-refractivity contribution in [3.8, 4) is 0 Å². The summed E-state index contributed by atoms with van der Waals surface area (Å²) in [7, 11) is 0. The van der Waals surface area contributed by atoms with Crippen molar-refractivity contribution in [3.05, 3.63) is 0 Å². The predicted octanol–water partition coefficient (Wildman–Crippen LogP) is -1.52. The Kier molecular flexibility index (Phi) is 10.0. The Labute approximate surface area is 146 Å². The van der Waals surface area contributed by atoms with E-state index in [2.05, 4.69) is 28.6 Å². The molecule has 138 valence electrons. The monoisotopic (exact) mass is 362 g/mol. The molecular weight excluding hydrogens is 336 g/mol. The van der Waals surface area contributed by atoms with Gasteiger partial charge in [-0.15, -0.1) is 0 Å². The maximum absolute atomic E-state index is 11.9. The first-order valence-corrected chi connectivity index (χ1v) is 8.23. The van der Waals surface area contributed by atoms with Gasteiger partial charge in [-0.05, 0) is 12.8 Å². The number of carbonyl (C=O) groups is 4. The zero-order chi connectivity index (χ0) is 18.9. The van der Waals surface area contributed by atoms with Crippen molar-refractivity contribution >= 4 is 36.3 Å². The molecule has 0 saturated carbocycles. The van der Waals surface area contributed by atoms with Crippen LogP contribution in [-0.4, -0.2) is 59.2 Å². The van der Waals surface area contributed by atoms with E-state index in [9.17, 15) is 19.2 Å². The second kappa shape index (κ2) is 10.9. The van der Waals surface area contributed by atoms with Gasteiger partial charge in [-0.1, -0.05) is 20.3 Å². The summed E-state index contributed by atoms with van der Waals surface area (Å²) in [5.74, 6) is -3.12. The number of carbonyl (C=O) groups excluding carboxylic acids is 3. The lowest BCUT2D eigenvalue weighted by atomic mass is 9.99. The van der Waals surface area contributed by atoms with Crippen LogP contribution in [0.4, 0.5) is 0 Å². The molecule has 4 unspecified atom stereocenters. The molecule has 0 rings (SSSR count). The third-order valence-corrected chi connectivity index (χ3v) is 3.81. The van der Waals surface area contributed by atoms with Gasteiger partial charge in [0.05, 0.1) is 12.6 Å². The highest BCUT2D eigenvalue weighted by Gasteiger charge is 2.26. The minimum atomic E-state index is -1.14. The summed E-state index contributed by atoms with van der Waals surface area (Å²) in [5, 5.41) is 16.2. The summed E-state index contributed by atoms with van der Waals surface area (Å²) in [6.07, 6.45) is 0.578. The minimum absolute atomic E-state index is 0.0243.